The molecular weight excluding hydrogens is 342 g/mol. The van der Waals surface area contributed by atoms with Crippen LogP contribution in [0.4, 0.5) is 0 Å². The Bertz CT molecular complexity index is 582. The molecule has 1 aliphatic carbocycles. The van der Waals surface area contributed by atoms with E-state index in [4.69, 9.17) is 17.2 Å². The molecule has 1 saturated carbocycles. The summed E-state index contributed by atoms with van der Waals surface area (Å²) in [5.74, 6) is -6.00. The molecule has 1 rings (SSSR count). The molecule has 0 amide bonds. The van der Waals surface area contributed by atoms with Gasteiger partial charge in [0, 0.05) is 12.2 Å². The predicted molar refractivity (Wildman–Crippen MR) is 83.6 cm³/mol. The number of Topliss-reactive ketones (excluding diaryl/α,β-unsaturated/α-hetero) is 2. The highest BCUT2D eigenvalue weighted by Gasteiger charge is 2.65. The molecule has 0 spiro atoms. The number of hydrogen-bond donors (Lipinski definition) is 6. The molecule has 10 nitrogen and oxygen atoms in total. The molecule has 0 saturated heterocycles. The monoisotopic (exact) mass is 363 g/mol. The van der Waals surface area contributed by atoms with Gasteiger partial charge < -0.3 is 20.7 Å². The molecule has 0 aliphatic heterocycles. The maximum atomic E-state index is 12.5. The molecular formula is C13H21N3O7S. The predicted octanol–water partition coefficient (Wildman–Crippen LogP) is -2.50. The Morgan fingerprint density at radius 1 is 1.42 bits per heavy atom. The Morgan fingerprint density at radius 2 is 1.96 bits per heavy atom. The third-order valence-corrected chi connectivity index (χ3v) is 4.70. The van der Waals surface area contributed by atoms with Crippen LogP contribution in [0.15, 0.2) is 0 Å². The van der Waals surface area contributed by atoms with Crippen molar-refractivity contribution in [2.24, 2.45) is 22.6 Å². The van der Waals surface area contributed by atoms with Crippen LogP contribution >= 0.6 is 12.6 Å². The number of rotatable bonds is 5. The molecule has 1 aliphatic rings. The van der Waals surface area contributed by atoms with E-state index in [0.717, 1.165) is 6.92 Å². The number of carbonyl (C=O) groups is 4. The van der Waals surface area contributed by atoms with E-state index in [-0.39, 0.29) is 19.3 Å². The van der Waals surface area contributed by atoms with Gasteiger partial charge in [-0.25, -0.2) is 9.59 Å². The van der Waals surface area contributed by atoms with Gasteiger partial charge >= 0.3 is 11.9 Å². The van der Waals surface area contributed by atoms with Crippen molar-refractivity contribution in [3.05, 3.63) is 0 Å². The van der Waals surface area contributed by atoms with Gasteiger partial charge in [0.05, 0.1) is 6.04 Å². The van der Waals surface area contributed by atoms with Crippen molar-refractivity contribution in [3.63, 3.8) is 0 Å². The first kappa shape index (κ1) is 20.5. The highest BCUT2D eigenvalue weighted by Crippen LogP contribution is 2.38. The van der Waals surface area contributed by atoms with Crippen molar-refractivity contribution in [1.82, 2.24) is 0 Å². The molecule has 8 N–H and O–H groups in total. The molecule has 24 heavy (non-hydrogen) atoms. The molecule has 1 fully saturated rings. The van der Waals surface area contributed by atoms with Crippen LogP contribution in [-0.2, 0) is 23.9 Å². The Hall–Kier alpha value is -1.53. The third-order valence-electron chi connectivity index (χ3n) is 4.21. The van der Waals surface area contributed by atoms with Crippen molar-refractivity contribution in [1.29, 1.82) is 0 Å². The van der Waals surface area contributed by atoms with E-state index < -0.39 is 52.2 Å². The number of esters is 1. The number of ether oxygens (including phenoxy) is 1. The molecule has 11 heteroatoms. The fourth-order valence-corrected chi connectivity index (χ4v) is 2.55. The van der Waals surface area contributed by atoms with Crippen LogP contribution in [0.2, 0.25) is 0 Å². The fourth-order valence-electron chi connectivity index (χ4n) is 2.42. The second kappa shape index (κ2) is 6.76. The smallest absolute Gasteiger partial charge is 0.365 e. The number of hydrogen-bond acceptors (Lipinski definition) is 10. The van der Waals surface area contributed by atoms with E-state index >= 15 is 0 Å². The van der Waals surface area contributed by atoms with Crippen LogP contribution in [0, 0.1) is 5.41 Å². The van der Waals surface area contributed by atoms with Gasteiger partial charge in [-0.2, -0.15) is 12.6 Å². The number of aliphatic hydroxyl groups is 1. The quantitative estimate of drug-likeness (QED) is 0.0998. The Labute approximate surface area is 143 Å². The lowest BCUT2D eigenvalue weighted by atomic mass is 9.70. The summed E-state index contributed by atoms with van der Waals surface area (Å²) in [6.07, 6.45) is 0.239. The highest BCUT2D eigenvalue weighted by molar-refractivity contribution is 7.80. The Balaban J connectivity index is 3.44. The molecule has 0 heterocycles. The molecule has 0 radical (unpaired) electrons. The van der Waals surface area contributed by atoms with Crippen molar-refractivity contribution in [2.45, 2.75) is 43.7 Å². The molecule has 0 aromatic rings. The summed E-state index contributed by atoms with van der Waals surface area (Å²) in [5.41, 5.74) is 8.42. The van der Waals surface area contributed by atoms with Gasteiger partial charge in [-0.05, 0) is 19.8 Å². The zero-order chi connectivity index (χ0) is 18.9. The van der Waals surface area contributed by atoms with E-state index in [1.165, 1.54) is 0 Å². The molecule has 136 valence electrons. The largest absolute Gasteiger partial charge is 0.477 e. The standard InChI is InChI=1S/C13H21N3O7S/c1-11(7(17)4-2-3-6(14)8(11)18)13(16,9(19)20)23-10(21)12(15,22)5-24/h6,22,24H,2-5,14-16H2,1H3,(H,19,20). The number of carboxylic acid groups (broad SMARTS) is 1. The van der Waals surface area contributed by atoms with Crippen molar-refractivity contribution >= 4 is 36.1 Å². The summed E-state index contributed by atoms with van der Waals surface area (Å²) in [6.45, 7) is 0.959. The van der Waals surface area contributed by atoms with E-state index in [1.54, 1.807) is 0 Å². The number of carboxylic acids is 1. The SMILES string of the molecule is CC1(C(N)(OC(=O)C(N)(O)CS)C(=O)O)C(=O)CCCC(N)C1=O. The van der Waals surface area contributed by atoms with E-state index in [2.05, 4.69) is 17.4 Å². The summed E-state index contributed by atoms with van der Waals surface area (Å²) in [6, 6.07) is -1.15. The minimum Gasteiger partial charge on any atom is -0.477 e. The van der Waals surface area contributed by atoms with Gasteiger partial charge in [-0.15, -0.1) is 0 Å². The van der Waals surface area contributed by atoms with E-state index in [9.17, 15) is 29.4 Å². The molecule has 0 bridgehead atoms. The summed E-state index contributed by atoms with van der Waals surface area (Å²) in [4.78, 5) is 48.6. The fraction of sp³-hybridized carbons (Fsp3) is 0.692. The van der Waals surface area contributed by atoms with Crippen LogP contribution in [0.1, 0.15) is 26.2 Å². The normalized spacial score (nSPS) is 30.0. The minimum atomic E-state index is -3.09. The first-order chi connectivity index (χ1) is 10.8. The van der Waals surface area contributed by atoms with Crippen molar-refractivity contribution < 1.29 is 34.1 Å². The van der Waals surface area contributed by atoms with Crippen LogP contribution in [0.3, 0.4) is 0 Å². The van der Waals surface area contributed by atoms with Gasteiger partial charge in [0.1, 0.15) is 0 Å². The summed E-state index contributed by atoms with van der Waals surface area (Å²) >= 11 is 3.64. The van der Waals surface area contributed by atoms with Crippen LogP contribution in [0.25, 0.3) is 0 Å². The van der Waals surface area contributed by atoms with Gasteiger partial charge in [0.2, 0.25) is 5.72 Å². The average Bonchev–Trinajstić information content (AvgIpc) is 2.60. The number of thiol groups is 1. The summed E-state index contributed by atoms with van der Waals surface area (Å²) in [7, 11) is 0. The summed E-state index contributed by atoms with van der Waals surface area (Å²) < 4.78 is 4.66. The van der Waals surface area contributed by atoms with Gasteiger partial charge in [-0.1, -0.05) is 0 Å². The number of ketones is 2. The van der Waals surface area contributed by atoms with Gasteiger partial charge in [-0.3, -0.25) is 21.1 Å². The second-order valence-corrected chi connectivity index (χ2v) is 6.24. The maximum absolute atomic E-state index is 12.5. The minimum absolute atomic E-state index is 0.154. The highest BCUT2D eigenvalue weighted by atomic mass is 32.1. The third kappa shape index (κ3) is 3.17. The zero-order valence-corrected chi connectivity index (χ0v) is 13.9. The first-order valence-electron chi connectivity index (χ1n) is 7.05. The number of nitrogens with two attached hydrogens (primary N) is 3. The van der Waals surface area contributed by atoms with Gasteiger partial charge in [0.15, 0.2) is 17.0 Å². The summed E-state index contributed by atoms with van der Waals surface area (Å²) in [5, 5.41) is 19.1. The number of carbonyl (C=O) groups excluding carboxylic acids is 3. The second-order valence-electron chi connectivity index (χ2n) is 5.92. The lowest BCUT2D eigenvalue weighted by Gasteiger charge is -2.40. The molecule has 0 aromatic carbocycles. The van der Waals surface area contributed by atoms with Crippen LogP contribution < -0.4 is 17.2 Å². The van der Waals surface area contributed by atoms with Crippen LogP contribution in [-0.4, -0.2) is 57.0 Å². The lowest BCUT2D eigenvalue weighted by molar-refractivity contribution is -0.206. The first-order valence-corrected chi connectivity index (χ1v) is 7.69. The Kier molecular flexibility index (Phi) is 5.78. The Morgan fingerprint density at radius 3 is 2.42 bits per heavy atom. The van der Waals surface area contributed by atoms with Crippen molar-refractivity contribution in [3.8, 4) is 0 Å². The maximum Gasteiger partial charge on any atom is 0.365 e. The van der Waals surface area contributed by atoms with E-state index in [1.807, 2.05) is 0 Å². The topological polar surface area (TPSA) is 196 Å². The lowest BCUT2D eigenvalue weighted by Crippen LogP contribution is -2.71. The van der Waals surface area contributed by atoms with Gasteiger partial charge in [0.25, 0.3) is 5.72 Å². The number of aliphatic carboxylic acids is 1. The average molecular weight is 363 g/mol. The molecule has 4 unspecified atom stereocenters. The molecule has 0 aromatic heterocycles. The van der Waals surface area contributed by atoms with Crippen molar-refractivity contribution in [2.75, 3.05) is 5.75 Å². The van der Waals surface area contributed by atoms with Crippen LogP contribution in [0.5, 0.6) is 0 Å². The zero-order valence-electron chi connectivity index (χ0n) is 13.0. The van der Waals surface area contributed by atoms with E-state index in [0.29, 0.717) is 0 Å². The molecule has 4 atom stereocenters.